The van der Waals surface area contributed by atoms with Crippen LogP contribution in [-0.2, 0) is 6.54 Å². The van der Waals surface area contributed by atoms with E-state index in [-0.39, 0.29) is 24.0 Å². The quantitative estimate of drug-likeness (QED) is 0.759. The summed E-state index contributed by atoms with van der Waals surface area (Å²) in [6.45, 7) is 3.45. The van der Waals surface area contributed by atoms with Crippen molar-refractivity contribution < 1.29 is 13.2 Å². The van der Waals surface area contributed by atoms with Crippen molar-refractivity contribution in [2.75, 3.05) is 17.6 Å². The van der Waals surface area contributed by atoms with Gasteiger partial charge in [-0.2, -0.15) is 13.2 Å². The Bertz CT molecular complexity index is 575. The molecule has 0 atom stereocenters. The molecule has 0 aliphatic heterocycles. The fourth-order valence-electron chi connectivity index (χ4n) is 1.63. The maximum atomic E-state index is 12.1. The second-order valence-corrected chi connectivity index (χ2v) is 4.82. The summed E-state index contributed by atoms with van der Waals surface area (Å²) in [5.74, 6) is -0.0708. The molecule has 0 saturated carbocycles. The molecule has 0 bridgehead atoms. The summed E-state index contributed by atoms with van der Waals surface area (Å²) < 4.78 is 37.3. The Balaban J connectivity index is 3.02. The number of hydrogen-bond donors (Lipinski definition) is 3. The average Bonchev–Trinajstić information content (AvgIpc) is 2.27. The van der Waals surface area contributed by atoms with Crippen molar-refractivity contribution in [1.29, 1.82) is 0 Å². The van der Waals surface area contributed by atoms with Crippen molar-refractivity contribution in [3.05, 3.63) is 20.8 Å². The molecule has 1 heterocycles. The van der Waals surface area contributed by atoms with Crippen LogP contribution in [-0.4, -0.2) is 22.3 Å². The number of anilines is 2. The summed E-state index contributed by atoms with van der Waals surface area (Å²) in [5.41, 5.74) is 3.97. The lowest BCUT2D eigenvalue weighted by Gasteiger charge is -2.15. The first-order chi connectivity index (χ1) is 9.11. The van der Waals surface area contributed by atoms with Crippen LogP contribution in [0.4, 0.5) is 24.7 Å². The molecule has 4 N–H and O–H groups in total. The van der Waals surface area contributed by atoms with E-state index in [2.05, 4.69) is 5.32 Å². The van der Waals surface area contributed by atoms with Gasteiger partial charge < -0.3 is 11.1 Å². The smallest absolute Gasteiger partial charge is 0.383 e. The second-order valence-electron chi connectivity index (χ2n) is 4.82. The second kappa shape index (κ2) is 6.02. The van der Waals surface area contributed by atoms with Crippen LogP contribution in [0, 0.1) is 5.92 Å². The molecule has 0 radical (unpaired) electrons. The molecule has 1 rings (SSSR count). The molecule has 0 unspecified atom stereocenters. The number of nitrogens with one attached hydrogen (secondary N) is 2. The van der Waals surface area contributed by atoms with Gasteiger partial charge in [-0.1, -0.05) is 13.8 Å². The zero-order chi connectivity index (χ0) is 15.5. The summed E-state index contributed by atoms with van der Waals surface area (Å²) in [7, 11) is 0. The molecule has 1 aromatic heterocycles. The predicted molar refractivity (Wildman–Crippen MR) is 69.7 cm³/mol. The minimum absolute atomic E-state index is 0.0870. The molecule has 0 fully saturated rings. The molecule has 0 amide bonds. The highest BCUT2D eigenvalue weighted by atomic mass is 19.4. The number of nitrogens with two attached hydrogens (primary N) is 1. The Hall–Kier alpha value is -1.93. The van der Waals surface area contributed by atoms with E-state index in [4.69, 9.17) is 5.73 Å². The Morgan fingerprint density at radius 1 is 1.35 bits per heavy atom. The van der Waals surface area contributed by atoms with Gasteiger partial charge >= 0.3 is 11.9 Å². The Kier molecular flexibility index (Phi) is 4.85. The maximum Gasteiger partial charge on any atom is 0.390 e. The van der Waals surface area contributed by atoms with Gasteiger partial charge in [0.25, 0.3) is 5.56 Å². The topological polar surface area (TPSA) is 92.9 Å². The van der Waals surface area contributed by atoms with Gasteiger partial charge in [-0.15, -0.1) is 0 Å². The highest BCUT2D eigenvalue weighted by Gasteiger charge is 2.26. The third-order valence-corrected chi connectivity index (χ3v) is 2.50. The van der Waals surface area contributed by atoms with Crippen LogP contribution in [0.2, 0.25) is 0 Å². The lowest BCUT2D eigenvalue weighted by atomic mass is 10.2. The third kappa shape index (κ3) is 4.32. The molecule has 1 aromatic rings. The number of alkyl halides is 3. The van der Waals surface area contributed by atoms with E-state index in [1.54, 1.807) is 0 Å². The van der Waals surface area contributed by atoms with Crippen LogP contribution in [0.5, 0.6) is 0 Å². The minimum Gasteiger partial charge on any atom is -0.383 e. The van der Waals surface area contributed by atoms with Gasteiger partial charge in [0.2, 0.25) is 0 Å². The number of nitrogens with zero attached hydrogens (tertiary/aromatic N) is 1. The van der Waals surface area contributed by atoms with Gasteiger partial charge in [0.05, 0.1) is 6.42 Å². The Morgan fingerprint density at radius 2 is 1.95 bits per heavy atom. The molecule has 6 nitrogen and oxygen atoms in total. The highest BCUT2D eigenvalue weighted by Crippen LogP contribution is 2.20. The molecule has 0 aliphatic carbocycles. The van der Waals surface area contributed by atoms with E-state index in [0.29, 0.717) is 0 Å². The molecule has 9 heteroatoms. The largest absolute Gasteiger partial charge is 0.390 e. The van der Waals surface area contributed by atoms with Crippen molar-refractivity contribution in [3.8, 4) is 0 Å². The van der Waals surface area contributed by atoms with Gasteiger partial charge in [0.1, 0.15) is 11.5 Å². The number of nitrogen functional groups attached to an aromatic ring is 1. The number of hydrogen-bond acceptors (Lipinski definition) is 4. The fourth-order valence-corrected chi connectivity index (χ4v) is 1.63. The van der Waals surface area contributed by atoms with Gasteiger partial charge in [0.15, 0.2) is 0 Å². The standard InChI is InChI=1S/C11H17F3N4O2/c1-6(2)5-18-8(15)7(9(19)17-10(18)20)16-4-3-11(12,13)14/h6,16H,3-5,15H2,1-2H3,(H,17,19,20). The third-order valence-electron chi connectivity index (χ3n) is 2.50. The molecule has 0 aromatic carbocycles. The van der Waals surface area contributed by atoms with Gasteiger partial charge in [-0.05, 0) is 5.92 Å². The Morgan fingerprint density at radius 3 is 2.45 bits per heavy atom. The lowest BCUT2D eigenvalue weighted by Crippen LogP contribution is -2.35. The van der Waals surface area contributed by atoms with Crippen molar-refractivity contribution in [3.63, 3.8) is 0 Å². The van der Waals surface area contributed by atoms with Crippen molar-refractivity contribution in [2.45, 2.75) is 33.0 Å². The van der Waals surface area contributed by atoms with Gasteiger partial charge in [-0.3, -0.25) is 14.3 Å². The van der Waals surface area contributed by atoms with E-state index >= 15 is 0 Å². The van der Waals surface area contributed by atoms with E-state index in [1.807, 2.05) is 18.8 Å². The molecule has 20 heavy (non-hydrogen) atoms. The van der Waals surface area contributed by atoms with Crippen molar-refractivity contribution in [1.82, 2.24) is 9.55 Å². The molecular weight excluding hydrogens is 277 g/mol. The molecule has 0 aliphatic rings. The van der Waals surface area contributed by atoms with Crippen LogP contribution in [0.3, 0.4) is 0 Å². The Labute approximate surface area is 112 Å². The summed E-state index contributed by atoms with van der Waals surface area (Å²) >= 11 is 0. The summed E-state index contributed by atoms with van der Waals surface area (Å²) in [6.07, 6.45) is -5.43. The number of halogens is 3. The number of H-pyrrole nitrogens is 1. The first-order valence-electron chi connectivity index (χ1n) is 6.05. The normalized spacial score (nSPS) is 11.9. The summed E-state index contributed by atoms with van der Waals surface area (Å²) in [5, 5.41) is 2.33. The maximum absolute atomic E-state index is 12.1. The van der Waals surface area contributed by atoms with Gasteiger partial charge in [-0.25, -0.2) is 4.79 Å². The van der Waals surface area contributed by atoms with Gasteiger partial charge in [0, 0.05) is 13.1 Å². The van der Waals surface area contributed by atoms with E-state index in [9.17, 15) is 22.8 Å². The van der Waals surface area contributed by atoms with E-state index in [0.717, 1.165) is 4.57 Å². The molecule has 0 saturated heterocycles. The van der Waals surface area contributed by atoms with Crippen LogP contribution in [0.1, 0.15) is 20.3 Å². The van der Waals surface area contributed by atoms with Crippen LogP contribution < -0.4 is 22.3 Å². The van der Waals surface area contributed by atoms with Crippen LogP contribution in [0.15, 0.2) is 9.59 Å². The fraction of sp³-hybridized carbons (Fsp3) is 0.636. The number of aromatic amines is 1. The SMILES string of the molecule is CC(C)Cn1c(N)c(NCCC(F)(F)F)c(=O)[nH]c1=O. The van der Waals surface area contributed by atoms with E-state index in [1.165, 1.54) is 0 Å². The zero-order valence-corrected chi connectivity index (χ0v) is 11.2. The minimum atomic E-state index is -4.33. The highest BCUT2D eigenvalue weighted by molar-refractivity contribution is 5.60. The van der Waals surface area contributed by atoms with Crippen molar-refractivity contribution in [2.24, 2.45) is 5.92 Å². The monoisotopic (exact) mass is 294 g/mol. The molecular formula is C11H17F3N4O2. The van der Waals surface area contributed by atoms with Crippen LogP contribution in [0.25, 0.3) is 0 Å². The predicted octanol–water partition coefficient (Wildman–Crippen LogP) is 1.14. The number of aromatic nitrogens is 2. The first kappa shape index (κ1) is 16.1. The average molecular weight is 294 g/mol. The molecule has 114 valence electrons. The van der Waals surface area contributed by atoms with Crippen LogP contribution >= 0.6 is 0 Å². The lowest BCUT2D eigenvalue weighted by molar-refractivity contribution is -0.131. The van der Waals surface area contributed by atoms with Crippen molar-refractivity contribution >= 4 is 11.5 Å². The van der Waals surface area contributed by atoms with E-state index < -0.39 is 30.4 Å². The zero-order valence-electron chi connectivity index (χ0n) is 11.2. The molecule has 0 spiro atoms. The summed E-state index contributed by atoms with van der Waals surface area (Å²) in [4.78, 5) is 25.2. The number of rotatable bonds is 5. The first-order valence-corrected chi connectivity index (χ1v) is 6.05. The summed E-state index contributed by atoms with van der Waals surface area (Å²) in [6, 6.07) is 0.